The van der Waals surface area contributed by atoms with Gasteiger partial charge < -0.3 is 18.5 Å². The Morgan fingerprint density at radius 3 is 2.67 bits per heavy atom. The van der Waals surface area contributed by atoms with Crippen LogP contribution in [0.15, 0.2) is 27.2 Å². The van der Waals surface area contributed by atoms with Gasteiger partial charge in [-0.2, -0.15) is 0 Å². The third-order valence-electron chi connectivity index (χ3n) is 3.93. The van der Waals surface area contributed by atoms with Gasteiger partial charge in [-0.3, -0.25) is 4.79 Å². The van der Waals surface area contributed by atoms with Gasteiger partial charge in [0.2, 0.25) is 5.91 Å². The highest BCUT2D eigenvalue weighted by atomic mass is 16.5. The van der Waals surface area contributed by atoms with Crippen molar-refractivity contribution in [3.63, 3.8) is 0 Å². The van der Waals surface area contributed by atoms with Gasteiger partial charge in [-0.05, 0) is 39.8 Å². The molecule has 0 saturated heterocycles. The lowest BCUT2D eigenvalue weighted by atomic mass is 10.0. The fraction of sp³-hybridized carbons (Fsp3) is 0.471. The Kier molecular flexibility index (Phi) is 5.11. The Morgan fingerprint density at radius 2 is 2.08 bits per heavy atom. The summed E-state index contributed by atoms with van der Waals surface area (Å²) in [6.45, 7) is 7.02. The molecule has 7 nitrogen and oxygen atoms in total. The Labute approximate surface area is 140 Å². The van der Waals surface area contributed by atoms with Crippen LogP contribution in [0.5, 0.6) is 0 Å². The number of aromatic nitrogens is 1. The van der Waals surface area contributed by atoms with Gasteiger partial charge in [0.05, 0.1) is 25.0 Å². The number of furan rings is 1. The number of likely N-dealkylation sites (N-methyl/N-ethyl adjacent to an activating group) is 1. The Bertz CT molecular complexity index is 715. The molecule has 0 aromatic carbocycles. The predicted octanol–water partition coefficient (Wildman–Crippen LogP) is 2.59. The molecule has 0 atom stereocenters. The van der Waals surface area contributed by atoms with Crippen LogP contribution in [-0.4, -0.2) is 41.0 Å². The van der Waals surface area contributed by atoms with E-state index in [2.05, 4.69) is 4.98 Å². The largest absolute Gasteiger partial charge is 0.464 e. The number of hydrogen-bond donors (Lipinski definition) is 0. The van der Waals surface area contributed by atoms with Gasteiger partial charge in [0, 0.05) is 7.05 Å². The molecule has 0 fully saturated rings. The third kappa shape index (κ3) is 3.50. The highest BCUT2D eigenvalue weighted by Crippen LogP contribution is 2.23. The lowest BCUT2D eigenvalue weighted by Crippen LogP contribution is -2.52. The summed E-state index contributed by atoms with van der Waals surface area (Å²) in [5, 5.41) is 0. The number of hydrogen-bond acceptors (Lipinski definition) is 6. The van der Waals surface area contributed by atoms with E-state index in [1.165, 1.54) is 11.2 Å². The van der Waals surface area contributed by atoms with Gasteiger partial charge in [0.25, 0.3) is 5.89 Å². The minimum absolute atomic E-state index is 0.0232. The Morgan fingerprint density at radius 1 is 1.38 bits per heavy atom. The summed E-state index contributed by atoms with van der Waals surface area (Å²) in [5.74, 6) is 0.658. The zero-order valence-electron chi connectivity index (χ0n) is 14.6. The fourth-order valence-corrected chi connectivity index (χ4v) is 2.12. The molecule has 0 spiro atoms. The van der Waals surface area contributed by atoms with Crippen LogP contribution in [0.2, 0.25) is 0 Å². The molecule has 0 N–H and O–H groups in total. The first-order valence-electron chi connectivity index (χ1n) is 7.71. The second-order valence-electron chi connectivity index (χ2n) is 5.91. The first-order chi connectivity index (χ1) is 11.3. The van der Waals surface area contributed by atoms with E-state index < -0.39 is 11.5 Å². The molecular formula is C17H22N2O5. The molecule has 130 valence electrons. The van der Waals surface area contributed by atoms with Crippen molar-refractivity contribution in [1.82, 2.24) is 9.88 Å². The monoisotopic (exact) mass is 334 g/mol. The van der Waals surface area contributed by atoms with E-state index in [9.17, 15) is 9.59 Å². The van der Waals surface area contributed by atoms with Crippen molar-refractivity contribution >= 4 is 11.9 Å². The summed E-state index contributed by atoms with van der Waals surface area (Å²) in [4.78, 5) is 30.2. The van der Waals surface area contributed by atoms with Gasteiger partial charge in [0.1, 0.15) is 11.3 Å². The maximum atomic E-state index is 12.5. The van der Waals surface area contributed by atoms with Crippen molar-refractivity contribution in [1.29, 1.82) is 0 Å². The second kappa shape index (κ2) is 6.90. The van der Waals surface area contributed by atoms with Crippen LogP contribution in [0.4, 0.5) is 0 Å². The molecule has 2 rings (SSSR count). The molecule has 7 heteroatoms. The Balaban J connectivity index is 2.13. The topological polar surface area (TPSA) is 85.8 Å². The lowest BCUT2D eigenvalue weighted by molar-refractivity contribution is -0.160. The summed E-state index contributed by atoms with van der Waals surface area (Å²) >= 11 is 0. The molecular weight excluding hydrogens is 312 g/mol. The number of esters is 1. The van der Waals surface area contributed by atoms with Crippen LogP contribution in [-0.2, 0) is 20.7 Å². The van der Waals surface area contributed by atoms with Crippen LogP contribution >= 0.6 is 0 Å². The number of carbonyl (C=O) groups excluding carboxylic acids is 2. The lowest BCUT2D eigenvalue weighted by Gasteiger charge is -2.33. The van der Waals surface area contributed by atoms with Crippen LogP contribution in [0.3, 0.4) is 0 Å². The number of nitrogens with zero attached hydrogens (tertiary/aromatic N) is 2. The van der Waals surface area contributed by atoms with E-state index in [-0.39, 0.29) is 18.9 Å². The van der Waals surface area contributed by atoms with E-state index in [1.807, 2.05) is 0 Å². The number of ether oxygens (including phenoxy) is 1. The zero-order chi connectivity index (χ0) is 17.9. The van der Waals surface area contributed by atoms with Crippen molar-refractivity contribution in [2.45, 2.75) is 39.7 Å². The molecule has 0 saturated carbocycles. The summed E-state index contributed by atoms with van der Waals surface area (Å²) < 4.78 is 15.8. The highest BCUT2D eigenvalue weighted by molar-refractivity contribution is 5.88. The SMILES string of the molecule is CCOC(=O)C(C)(C)N(C)C(=O)Cc1nc(-c2ccco2)oc1C. The smallest absolute Gasteiger partial charge is 0.331 e. The van der Waals surface area contributed by atoms with E-state index in [1.54, 1.807) is 46.9 Å². The van der Waals surface area contributed by atoms with Crippen LogP contribution < -0.4 is 0 Å². The van der Waals surface area contributed by atoms with Gasteiger partial charge in [-0.1, -0.05) is 0 Å². The zero-order valence-corrected chi connectivity index (χ0v) is 14.6. The summed E-state index contributed by atoms with van der Waals surface area (Å²) in [5.41, 5.74) is -0.549. The highest BCUT2D eigenvalue weighted by Gasteiger charge is 2.37. The van der Waals surface area contributed by atoms with Crippen molar-refractivity contribution < 1.29 is 23.2 Å². The van der Waals surface area contributed by atoms with Crippen LogP contribution in [0, 0.1) is 6.92 Å². The number of rotatable bonds is 6. The predicted molar refractivity (Wildman–Crippen MR) is 86.1 cm³/mol. The van der Waals surface area contributed by atoms with E-state index >= 15 is 0 Å². The molecule has 0 unspecified atom stereocenters. The van der Waals surface area contributed by atoms with Crippen molar-refractivity contribution in [2.75, 3.05) is 13.7 Å². The number of oxazole rings is 1. The minimum Gasteiger partial charge on any atom is -0.464 e. The van der Waals surface area contributed by atoms with Crippen molar-refractivity contribution in [3.8, 4) is 11.7 Å². The molecule has 0 aliphatic carbocycles. The normalized spacial score (nSPS) is 11.4. The Hall–Kier alpha value is -2.57. The van der Waals surface area contributed by atoms with Crippen LogP contribution in [0.1, 0.15) is 32.2 Å². The van der Waals surface area contributed by atoms with Gasteiger partial charge >= 0.3 is 5.97 Å². The number of amides is 1. The molecule has 2 aromatic rings. The maximum Gasteiger partial charge on any atom is 0.331 e. The van der Waals surface area contributed by atoms with Gasteiger partial charge in [-0.15, -0.1) is 0 Å². The first kappa shape index (κ1) is 17.8. The fourth-order valence-electron chi connectivity index (χ4n) is 2.12. The maximum absolute atomic E-state index is 12.5. The standard InChI is InChI=1S/C17H22N2O5/c1-6-22-16(21)17(3,4)19(5)14(20)10-12-11(2)24-15(18-12)13-8-7-9-23-13/h7-9H,6,10H2,1-5H3. The van der Waals surface area contributed by atoms with Gasteiger partial charge in [-0.25, -0.2) is 9.78 Å². The molecule has 0 aliphatic rings. The molecule has 24 heavy (non-hydrogen) atoms. The number of carbonyl (C=O) groups is 2. The molecule has 2 aromatic heterocycles. The molecule has 2 heterocycles. The molecule has 0 radical (unpaired) electrons. The average Bonchev–Trinajstić information content (AvgIpc) is 3.17. The van der Waals surface area contributed by atoms with Crippen LogP contribution in [0.25, 0.3) is 11.7 Å². The van der Waals surface area contributed by atoms with Crippen molar-refractivity contribution in [3.05, 3.63) is 29.9 Å². The summed E-state index contributed by atoms with van der Waals surface area (Å²) in [6, 6.07) is 3.46. The summed E-state index contributed by atoms with van der Waals surface area (Å²) in [6.07, 6.45) is 1.55. The summed E-state index contributed by atoms with van der Waals surface area (Å²) in [7, 11) is 1.57. The average molecular weight is 334 g/mol. The first-order valence-corrected chi connectivity index (χ1v) is 7.71. The van der Waals surface area contributed by atoms with E-state index in [0.29, 0.717) is 23.1 Å². The minimum atomic E-state index is -1.06. The quantitative estimate of drug-likeness (QED) is 0.755. The van der Waals surface area contributed by atoms with Gasteiger partial charge in [0.15, 0.2) is 5.76 Å². The van der Waals surface area contributed by atoms with E-state index in [4.69, 9.17) is 13.6 Å². The van der Waals surface area contributed by atoms with E-state index in [0.717, 1.165) is 0 Å². The third-order valence-corrected chi connectivity index (χ3v) is 3.93. The molecule has 0 bridgehead atoms. The molecule has 0 aliphatic heterocycles. The number of aryl methyl sites for hydroxylation is 1. The van der Waals surface area contributed by atoms with Crippen molar-refractivity contribution in [2.24, 2.45) is 0 Å². The second-order valence-corrected chi connectivity index (χ2v) is 5.91. The molecule has 1 amide bonds.